The van der Waals surface area contributed by atoms with Crippen molar-refractivity contribution in [3.05, 3.63) is 29.8 Å². The Morgan fingerprint density at radius 2 is 2.06 bits per heavy atom. The van der Waals surface area contributed by atoms with E-state index in [1.165, 1.54) is 5.56 Å². The number of amides is 1. The molecule has 17 heavy (non-hydrogen) atoms. The molecule has 0 bridgehead atoms. The van der Waals surface area contributed by atoms with Gasteiger partial charge in [0.05, 0.1) is 5.60 Å². The van der Waals surface area contributed by atoms with Gasteiger partial charge in [-0.1, -0.05) is 18.2 Å². The predicted molar refractivity (Wildman–Crippen MR) is 68.2 cm³/mol. The summed E-state index contributed by atoms with van der Waals surface area (Å²) >= 11 is 0. The van der Waals surface area contributed by atoms with Crippen LogP contribution in [0.3, 0.4) is 0 Å². The second kappa shape index (κ2) is 4.49. The molecule has 1 amide bonds. The van der Waals surface area contributed by atoms with Gasteiger partial charge in [-0.25, -0.2) is 0 Å². The van der Waals surface area contributed by atoms with E-state index in [4.69, 9.17) is 4.74 Å². The molecule has 1 aliphatic rings. The third-order valence-electron chi connectivity index (χ3n) is 2.82. The Labute approximate surface area is 102 Å². The highest BCUT2D eigenvalue weighted by molar-refractivity contribution is 5.96. The Hall–Kier alpha value is -1.35. The first-order valence-corrected chi connectivity index (χ1v) is 5.99. The topological polar surface area (TPSA) is 29.5 Å². The van der Waals surface area contributed by atoms with Gasteiger partial charge in [-0.2, -0.15) is 0 Å². The Kier molecular flexibility index (Phi) is 3.20. The minimum Gasteiger partial charge on any atom is -0.366 e. The maximum atomic E-state index is 12.1. The number of benzene rings is 1. The van der Waals surface area contributed by atoms with Gasteiger partial charge in [0.1, 0.15) is 6.61 Å². The molecule has 2 rings (SSSR count). The van der Waals surface area contributed by atoms with Crippen LogP contribution in [-0.2, 0) is 16.0 Å². The number of hydrogen-bond acceptors (Lipinski definition) is 2. The fourth-order valence-electron chi connectivity index (χ4n) is 1.95. The van der Waals surface area contributed by atoms with Crippen molar-refractivity contribution in [2.24, 2.45) is 0 Å². The van der Waals surface area contributed by atoms with Crippen LogP contribution in [0.2, 0.25) is 0 Å². The average Bonchev–Trinajstić information content (AvgIpc) is 2.68. The molecule has 92 valence electrons. The summed E-state index contributed by atoms with van der Waals surface area (Å²) < 4.78 is 5.53. The van der Waals surface area contributed by atoms with E-state index in [1.54, 1.807) is 0 Å². The summed E-state index contributed by atoms with van der Waals surface area (Å²) in [7, 11) is 0. The summed E-state index contributed by atoms with van der Waals surface area (Å²) in [5.74, 6) is 0.0462. The van der Waals surface area contributed by atoms with Gasteiger partial charge in [0.15, 0.2) is 0 Å². The van der Waals surface area contributed by atoms with Gasteiger partial charge in [0.2, 0.25) is 0 Å². The van der Waals surface area contributed by atoms with Gasteiger partial charge in [0.25, 0.3) is 5.91 Å². The van der Waals surface area contributed by atoms with Crippen LogP contribution in [0.1, 0.15) is 26.3 Å². The molecule has 1 heterocycles. The molecule has 0 aromatic heterocycles. The number of anilines is 1. The van der Waals surface area contributed by atoms with Gasteiger partial charge in [0, 0.05) is 12.2 Å². The van der Waals surface area contributed by atoms with E-state index in [2.05, 4.69) is 6.07 Å². The number of ether oxygens (including phenoxy) is 1. The molecule has 0 aliphatic carbocycles. The molecule has 3 nitrogen and oxygen atoms in total. The molecule has 0 N–H and O–H groups in total. The molecule has 0 spiro atoms. The predicted octanol–water partition coefficient (Wildman–Crippen LogP) is 2.39. The summed E-state index contributed by atoms with van der Waals surface area (Å²) in [6.07, 6.45) is 0.942. The summed E-state index contributed by atoms with van der Waals surface area (Å²) in [6, 6.07) is 8.05. The molecule has 3 heteroatoms. The Balaban J connectivity index is 2.03. The molecule has 0 radical (unpaired) electrons. The van der Waals surface area contributed by atoms with Gasteiger partial charge in [-0.05, 0) is 38.8 Å². The number of fused-ring (bicyclic) bond motifs is 1. The summed E-state index contributed by atoms with van der Waals surface area (Å²) in [6.45, 7) is 6.79. The van der Waals surface area contributed by atoms with Crippen molar-refractivity contribution in [1.29, 1.82) is 0 Å². The zero-order valence-electron chi connectivity index (χ0n) is 10.7. The third-order valence-corrected chi connectivity index (χ3v) is 2.82. The third kappa shape index (κ3) is 2.86. The van der Waals surface area contributed by atoms with E-state index in [1.807, 2.05) is 43.9 Å². The van der Waals surface area contributed by atoms with Crippen LogP contribution in [0.4, 0.5) is 5.69 Å². The zero-order chi connectivity index (χ0) is 12.5. The standard InChI is InChI=1S/C14H19NO2/c1-14(2,3)17-10-13(16)15-9-8-11-6-4-5-7-12(11)15/h4-7H,8-10H2,1-3H3. The second-order valence-corrected chi connectivity index (χ2v) is 5.33. The Morgan fingerprint density at radius 1 is 1.35 bits per heavy atom. The lowest BCUT2D eigenvalue weighted by Crippen LogP contribution is -2.35. The highest BCUT2D eigenvalue weighted by Crippen LogP contribution is 2.27. The van der Waals surface area contributed by atoms with Gasteiger partial charge in [-0.15, -0.1) is 0 Å². The van der Waals surface area contributed by atoms with E-state index in [9.17, 15) is 4.79 Å². The maximum absolute atomic E-state index is 12.1. The first-order chi connectivity index (χ1) is 7.97. The summed E-state index contributed by atoms with van der Waals surface area (Å²) in [5.41, 5.74) is 2.01. The van der Waals surface area contributed by atoms with Crippen LogP contribution in [0.25, 0.3) is 0 Å². The first kappa shape index (κ1) is 12.1. The van der Waals surface area contributed by atoms with Crippen molar-refractivity contribution in [2.75, 3.05) is 18.1 Å². The van der Waals surface area contributed by atoms with Crippen molar-refractivity contribution < 1.29 is 9.53 Å². The minimum absolute atomic E-state index is 0.0462. The monoisotopic (exact) mass is 233 g/mol. The molecular formula is C14H19NO2. The van der Waals surface area contributed by atoms with Crippen molar-refractivity contribution in [3.8, 4) is 0 Å². The highest BCUT2D eigenvalue weighted by atomic mass is 16.5. The van der Waals surface area contributed by atoms with Crippen LogP contribution in [0, 0.1) is 0 Å². The normalized spacial score (nSPS) is 14.9. The zero-order valence-corrected chi connectivity index (χ0v) is 10.7. The molecule has 1 aromatic carbocycles. The van der Waals surface area contributed by atoms with Crippen LogP contribution < -0.4 is 4.90 Å². The van der Waals surface area contributed by atoms with Crippen LogP contribution in [-0.4, -0.2) is 24.7 Å². The fourth-order valence-corrected chi connectivity index (χ4v) is 1.95. The lowest BCUT2D eigenvalue weighted by Gasteiger charge is -2.22. The smallest absolute Gasteiger partial charge is 0.253 e. The van der Waals surface area contributed by atoms with Crippen LogP contribution in [0.15, 0.2) is 24.3 Å². The molecule has 0 atom stereocenters. The van der Waals surface area contributed by atoms with Crippen LogP contribution >= 0.6 is 0 Å². The molecule has 0 fully saturated rings. The van der Waals surface area contributed by atoms with Crippen molar-refractivity contribution in [2.45, 2.75) is 32.8 Å². The molecule has 0 saturated carbocycles. The molecule has 0 unspecified atom stereocenters. The van der Waals surface area contributed by atoms with Crippen molar-refractivity contribution in [3.63, 3.8) is 0 Å². The number of para-hydroxylation sites is 1. The molecule has 0 saturated heterocycles. The van der Waals surface area contributed by atoms with E-state index >= 15 is 0 Å². The van der Waals surface area contributed by atoms with Crippen molar-refractivity contribution >= 4 is 11.6 Å². The Bertz CT molecular complexity index is 420. The maximum Gasteiger partial charge on any atom is 0.253 e. The van der Waals surface area contributed by atoms with E-state index in [-0.39, 0.29) is 18.1 Å². The lowest BCUT2D eigenvalue weighted by molar-refractivity contribution is -0.127. The number of carbonyl (C=O) groups is 1. The molecular weight excluding hydrogens is 214 g/mol. The first-order valence-electron chi connectivity index (χ1n) is 5.99. The second-order valence-electron chi connectivity index (χ2n) is 5.33. The number of carbonyl (C=O) groups excluding carboxylic acids is 1. The van der Waals surface area contributed by atoms with E-state index in [0.29, 0.717) is 0 Å². The fraction of sp³-hybridized carbons (Fsp3) is 0.500. The largest absolute Gasteiger partial charge is 0.366 e. The minimum atomic E-state index is -0.269. The van der Waals surface area contributed by atoms with E-state index in [0.717, 1.165) is 18.7 Å². The van der Waals surface area contributed by atoms with Crippen LogP contribution in [0.5, 0.6) is 0 Å². The van der Waals surface area contributed by atoms with Gasteiger partial charge >= 0.3 is 0 Å². The number of rotatable bonds is 2. The number of nitrogens with zero attached hydrogens (tertiary/aromatic N) is 1. The lowest BCUT2D eigenvalue weighted by atomic mass is 10.2. The quantitative estimate of drug-likeness (QED) is 0.785. The van der Waals surface area contributed by atoms with Gasteiger partial charge < -0.3 is 9.64 Å². The van der Waals surface area contributed by atoms with Crippen molar-refractivity contribution in [1.82, 2.24) is 0 Å². The summed E-state index contributed by atoms with van der Waals surface area (Å²) in [5, 5.41) is 0. The molecule has 1 aromatic rings. The summed E-state index contributed by atoms with van der Waals surface area (Å²) in [4.78, 5) is 13.9. The molecule has 1 aliphatic heterocycles. The highest BCUT2D eigenvalue weighted by Gasteiger charge is 2.25. The Morgan fingerprint density at radius 3 is 2.76 bits per heavy atom. The SMILES string of the molecule is CC(C)(C)OCC(=O)N1CCc2ccccc21. The van der Waals surface area contributed by atoms with E-state index < -0.39 is 0 Å². The number of hydrogen-bond donors (Lipinski definition) is 0. The van der Waals surface area contributed by atoms with Gasteiger partial charge in [-0.3, -0.25) is 4.79 Å². The average molecular weight is 233 g/mol.